The normalized spacial score (nSPS) is 13.5. The first kappa shape index (κ1) is 18.8. The van der Waals surface area contributed by atoms with Crippen LogP contribution in [0.25, 0.3) is 10.4 Å². The molecule has 2 aromatic carbocycles. The Kier molecular flexibility index (Phi) is 6.25. The van der Waals surface area contributed by atoms with Crippen molar-refractivity contribution in [3.05, 3.63) is 82.2 Å². The minimum atomic E-state index is 0.0911. The number of benzene rings is 2. The van der Waals surface area contributed by atoms with Crippen LogP contribution in [-0.4, -0.2) is 11.7 Å². The van der Waals surface area contributed by atoms with Crippen LogP contribution in [0.1, 0.15) is 53.8 Å². The number of nitrogens with two attached hydrogens (primary N) is 1. The summed E-state index contributed by atoms with van der Waals surface area (Å²) in [7, 11) is 0. The molecule has 3 heteroatoms. The monoisotopic (exact) mass is 365 g/mol. The molecule has 0 saturated carbocycles. The van der Waals surface area contributed by atoms with Crippen molar-refractivity contribution < 1.29 is 5.11 Å². The first-order valence-electron chi connectivity index (χ1n) is 9.24. The molecule has 0 bridgehead atoms. The van der Waals surface area contributed by atoms with Crippen molar-refractivity contribution in [3.63, 3.8) is 0 Å². The third-order valence-electron chi connectivity index (χ3n) is 4.87. The van der Waals surface area contributed by atoms with Crippen molar-refractivity contribution in [3.8, 4) is 10.4 Å². The maximum absolute atomic E-state index is 8.95. The number of aliphatic hydroxyl groups excluding tert-OH is 1. The smallest absolute Gasteiger partial charge is 0.0434 e. The second kappa shape index (κ2) is 8.63. The van der Waals surface area contributed by atoms with Crippen LogP contribution in [0.15, 0.2) is 60.7 Å². The summed E-state index contributed by atoms with van der Waals surface area (Å²) in [4.78, 5) is 2.49. The highest BCUT2D eigenvalue weighted by Gasteiger charge is 2.10. The van der Waals surface area contributed by atoms with E-state index < -0.39 is 0 Å². The van der Waals surface area contributed by atoms with Gasteiger partial charge in [-0.15, -0.1) is 11.3 Å². The minimum absolute atomic E-state index is 0.0911. The lowest BCUT2D eigenvalue weighted by molar-refractivity contribution is 0.288. The van der Waals surface area contributed by atoms with Gasteiger partial charge in [0, 0.05) is 28.3 Å². The molecule has 1 aromatic heterocycles. The van der Waals surface area contributed by atoms with Gasteiger partial charge in [0.25, 0.3) is 0 Å². The van der Waals surface area contributed by atoms with Gasteiger partial charge < -0.3 is 10.8 Å². The molecule has 0 aliphatic carbocycles. The summed E-state index contributed by atoms with van der Waals surface area (Å²) >= 11 is 1.77. The number of aliphatic hydroxyl groups is 1. The Bertz CT molecular complexity index is 818. The molecule has 0 amide bonds. The molecular weight excluding hydrogens is 338 g/mol. The van der Waals surface area contributed by atoms with E-state index in [-0.39, 0.29) is 12.6 Å². The Balaban J connectivity index is 1.72. The van der Waals surface area contributed by atoms with E-state index in [0.29, 0.717) is 5.92 Å². The third-order valence-corrected chi connectivity index (χ3v) is 6.21. The van der Waals surface area contributed by atoms with Crippen molar-refractivity contribution in [1.29, 1.82) is 0 Å². The molecule has 0 aliphatic heterocycles. The number of rotatable bonds is 7. The van der Waals surface area contributed by atoms with E-state index in [1.165, 1.54) is 32.0 Å². The zero-order valence-electron chi connectivity index (χ0n) is 15.5. The fraction of sp³-hybridized carbons (Fsp3) is 0.304. The van der Waals surface area contributed by atoms with E-state index in [2.05, 4.69) is 67.6 Å². The molecule has 3 rings (SSSR count). The summed E-state index contributed by atoms with van der Waals surface area (Å²) in [5, 5.41) is 8.95. The van der Waals surface area contributed by atoms with Crippen LogP contribution >= 0.6 is 11.3 Å². The fourth-order valence-electron chi connectivity index (χ4n) is 3.14. The highest BCUT2D eigenvalue weighted by atomic mass is 32.1. The van der Waals surface area contributed by atoms with Crippen molar-refractivity contribution >= 4 is 11.3 Å². The number of thiophene rings is 1. The van der Waals surface area contributed by atoms with Crippen LogP contribution in [-0.2, 0) is 6.42 Å². The van der Waals surface area contributed by atoms with Gasteiger partial charge in [-0.2, -0.15) is 0 Å². The van der Waals surface area contributed by atoms with Gasteiger partial charge in [-0.1, -0.05) is 55.5 Å². The van der Waals surface area contributed by atoms with Gasteiger partial charge in [-0.25, -0.2) is 0 Å². The molecule has 0 spiro atoms. The zero-order valence-corrected chi connectivity index (χ0v) is 16.3. The SMILES string of the molecule is CC(N)c1ccc(-c2ccc(C(C)c3ccc(CCCO)cc3)cc2)s1. The second-order valence-corrected chi connectivity index (χ2v) is 8.02. The van der Waals surface area contributed by atoms with Crippen LogP contribution in [0.4, 0.5) is 0 Å². The molecule has 136 valence electrons. The van der Waals surface area contributed by atoms with Crippen molar-refractivity contribution in [2.24, 2.45) is 5.73 Å². The van der Waals surface area contributed by atoms with Crippen LogP contribution in [0.3, 0.4) is 0 Å². The fourth-order valence-corrected chi connectivity index (χ4v) is 4.10. The molecule has 26 heavy (non-hydrogen) atoms. The molecule has 0 fully saturated rings. The standard InChI is InChI=1S/C23H27NOS/c1-16(19-7-5-18(6-8-19)4-3-15-25)20-9-11-21(12-10-20)23-14-13-22(26-23)17(2)24/h5-14,16-17,25H,3-4,15,24H2,1-2H3. The Labute approximate surface area is 160 Å². The van der Waals surface area contributed by atoms with E-state index in [9.17, 15) is 0 Å². The molecule has 3 aromatic rings. The van der Waals surface area contributed by atoms with Crippen molar-refractivity contribution in [1.82, 2.24) is 0 Å². The average molecular weight is 366 g/mol. The number of hydrogen-bond donors (Lipinski definition) is 2. The maximum Gasteiger partial charge on any atom is 0.0434 e. The topological polar surface area (TPSA) is 46.2 Å². The summed E-state index contributed by atoms with van der Waals surface area (Å²) in [6, 6.07) is 22.0. The molecule has 3 N–H and O–H groups in total. The van der Waals surface area contributed by atoms with E-state index >= 15 is 0 Å². The predicted octanol–water partition coefficient (Wildman–Crippen LogP) is 5.51. The lowest BCUT2D eigenvalue weighted by atomic mass is 9.91. The highest BCUT2D eigenvalue weighted by molar-refractivity contribution is 7.15. The molecule has 2 atom stereocenters. The van der Waals surface area contributed by atoms with Gasteiger partial charge in [-0.05, 0) is 54.2 Å². The first-order valence-corrected chi connectivity index (χ1v) is 10.1. The van der Waals surface area contributed by atoms with Crippen LogP contribution in [0, 0.1) is 0 Å². The molecule has 2 nitrogen and oxygen atoms in total. The summed E-state index contributed by atoms with van der Waals surface area (Å²) in [5.74, 6) is 0.360. The van der Waals surface area contributed by atoms with E-state index in [0.717, 1.165) is 12.8 Å². The highest BCUT2D eigenvalue weighted by Crippen LogP contribution is 2.32. The Morgan fingerprint density at radius 2 is 1.50 bits per heavy atom. The Morgan fingerprint density at radius 3 is 2.04 bits per heavy atom. The van der Waals surface area contributed by atoms with Crippen molar-refractivity contribution in [2.45, 2.75) is 38.6 Å². The zero-order chi connectivity index (χ0) is 18.5. The lowest BCUT2D eigenvalue weighted by Crippen LogP contribution is -2.01. The maximum atomic E-state index is 8.95. The average Bonchev–Trinajstić information content (AvgIpc) is 3.17. The number of hydrogen-bond acceptors (Lipinski definition) is 3. The van der Waals surface area contributed by atoms with E-state index in [1.807, 2.05) is 6.92 Å². The van der Waals surface area contributed by atoms with Gasteiger partial charge in [0.2, 0.25) is 0 Å². The summed E-state index contributed by atoms with van der Waals surface area (Å²) in [6.07, 6.45) is 1.76. The summed E-state index contributed by atoms with van der Waals surface area (Å²) < 4.78 is 0. The van der Waals surface area contributed by atoms with Crippen LogP contribution < -0.4 is 5.73 Å². The van der Waals surface area contributed by atoms with Crippen molar-refractivity contribution in [2.75, 3.05) is 6.61 Å². The predicted molar refractivity (Wildman–Crippen MR) is 112 cm³/mol. The van der Waals surface area contributed by atoms with Gasteiger partial charge in [-0.3, -0.25) is 0 Å². The molecule has 1 heterocycles. The molecule has 0 aliphatic rings. The van der Waals surface area contributed by atoms with Gasteiger partial charge in [0.05, 0.1) is 0 Å². The quantitative estimate of drug-likeness (QED) is 0.580. The molecule has 0 radical (unpaired) electrons. The van der Waals surface area contributed by atoms with Gasteiger partial charge in [0.1, 0.15) is 0 Å². The van der Waals surface area contributed by atoms with Crippen LogP contribution in [0.2, 0.25) is 0 Å². The Hall–Kier alpha value is -1.94. The first-order chi connectivity index (χ1) is 12.6. The molecular formula is C23H27NOS. The van der Waals surface area contributed by atoms with Gasteiger partial charge in [0.15, 0.2) is 0 Å². The number of aryl methyl sites for hydroxylation is 1. The molecule has 0 saturated heterocycles. The third kappa shape index (κ3) is 4.42. The second-order valence-electron chi connectivity index (χ2n) is 6.90. The summed E-state index contributed by atoms with van der Waals surface area (Å²) in [5.41, 5.74) is 11.1. The molecule has 2 unspecified atom stereocenters. The Morgan fingerprint density at radius 1 is 0.885 bits per heavy atom. The summed E-state index contributed by atoms with van der Waals surface area (Å²) in [6.45, 7) is 4.52. The largest absolute Gasteiger partial charge is 0.396 e. The van der Waals surface area contributed by atoms with Gasteiger partial charge >= 0.3 is 0 Å². The van der Waals surface area contributed by atoms with Crippen LogP contribution in [0.5, 0.6) is 0 Å². The van der Waals surface area contributed by atoms with E-state index in [1.54, 1.807) is 11.3 Å². The minimum Gasteiger partial charge on any atom is -0.396 e. The van der Waals surface area contributed by atoms with E-state index in [4.69, 9.17) is 10.8 Å². The lowest BCUT2D eigenvalue weighted by Gasteiger charge is -2.14.